The van der Waals surface area contributed by atoms with Gasteiger partial charge in [-0.3, -0.25) is 4.79 Å². The molecule has 0 atom stereocenters. The highest BCUT2D eigenvalue weighted by atomic mass is 35.5. The van der Waals surface area contributed by atoms with Crippen LogP contribution in [-0.4, -0.2) is 48.5 Å². The summed E-state index contributed by atoms with van der Waals surface area (Å²) in [6.07, 6.45) is -8.80. The largest absolute Gasteiger partial charge is 0.573 e. The van der Waals surface area contributed by atoms with Crippen molar-refractivity contribution in [1.82, 2.24) is 10.2 Å². The maximum absolute atomic E-state index is 13.4. The molecular formula is C16H10ClF5N2O4S. The van der Waals surface area contributed by atoms with Crippen molar-refractivity contribution in [2.45, 2.75) is 18.3 Å². The molecule has 156 valence electrons. The summed E-state index contributed by atoms with van der Waals surface area (Å²) in [5.41, 5.74) is -1.46. The van der Waals surface area contributed by atoms with Crippen LogP contribution in [0.15, 0.2) is 12.1 Å². The maximum atomic E-state index is 13.4. The fourth-order valence-corrected chi connectivity index (χ4v) is 4.92. The number of likely N-dealkylation sites (tertiary alicyclic amines) is 1. The lowest BCUT2D eigenvalue weighted by Crippen LogP contribution is -2.69. The molecule has 1 spiro atoms. The molecule has 13 heteroatoms. The number of hydrogen-bond donors (Lipinski definition) is 1. The van der Waals surface area contributed by atoms with E-state index in [4.69, 9.17) is 16.3 Å². The molecule has 0 radical (unpaired) electrons. The van der Waals surface area contributed by atoms with E-state index < -0.39 is 41.6 Å². The molecule has 2 aromatic rings. The topological polar surface area (TPSA) is 67.9 Å². The first-order chi connectivity index (χ1) is 13.5. The molecule has 2 aliphatic heterocycles. The zero-order valence-corrected chi connectivity index (χ0v) is 15.7. The van der Waals surface area contributed by atoms with Crippen LogP contribution in [0, 0.1) is 0 Å². The molecule has 2 saturated heterocycles. The average Bonchev–Trinajstić information content (AvgIpc) is 3.11. The van der Waals surface area contributed by atoms with Crippen molar-refractivity contribution in [3.8, 4) is 5.75 Å². The molecule has 1 aromatic heterocycles. The van der Waals surface area contributed by atoms with Gasteiger partial charge in [0, 0.05) is 28.7 Å². The quantitative estimate of drug-likeness (QED) is 0.698. The number of nitrogens with zero attached hydrogens (tertiary/aromatic N) is 1. The summed E-state index contributed by atoms with van der Waals surface area (Å²) in [5, 5.41) is 2.13. The molecular weight excluding hydrogens is 447 g/mol. The molecule has 2 fully saturated rings. The lowest BCUT2D eigenvalue weighted by atomic mass is 9.91. The number of alkyl carbamates (subject to hydrolysis) is 1. The number of amides is 2. The Bertz CT molecular complexity index is 1020. The Hall–Kier alpha value is -2.34. The van der Waals surface area contributed by atoms with Crippen LogP contribution >= 0.6 is 22.9 Å². The van der Waals surface area contributed by atoms with E-state index in [0.29, 0.717) is 17.4 Å². The smallest absolute Gasteiger partial charge is 0.447 e. The zero-order valence-electron chi connectivity index (χ0n) is 14.1. The zero-order chi connectivity index (χ0) is 21.1. The highest BCUT2D eigenvalue weighted by Gasteiger charge is 2.51. The summed E-state index contributed by atoms with van der Waals surface area (Å²) >= 11 is 6.85. The van der Waals surface area contributed by atoms with Crippen LogP contribution in [0.1, 0.15) is 21.7 Å². The van der Waals surface area contributed by atoms with E-state index in [1.165, 1.54) is 4.90 Å². The van der Waals surface area contributed by atoms with Crippen LogP contribution in [0.25, 0.3) is 10.1 Å². The minimum absolute atomic E-state index is 0.0388. The van der Waals surface area contributed by atoms with Gasteiger partial charge in [0.25, 0.3) is 12.3 Å². The second-order valence-electron chi connectivity index (χ2n) is 6.62. The third-order valence-electron chi connectivity index (χ3n) is 4.52. The first-order valence-electron chi connectivity index (χ1n) is 8.02. The van der Waals surface area contributed by atoms with Crippen LogP contribution in [0.4, 0.5) is 26.7 Å². The number of carbonyl (C=O) groups excluding carboxylic acids is 2. The average molecular weight is 457 g/mol. The lowest BCUT2D eigenvalue weighted by Gasteiger charge is -2.45. The Morgan fingerprint density at radius 2 is 2.03 bits per heavy atom. The van der Waals surface area contributed by atoms with Gasteiger partial charge in [0.2, 0.25) is 0 Å². The summed E-state index contributed by atoms with van der Waals surface area (Å²) in [5.74, 6) is -1.41. The minimum atomic E-state index is -5.06. The fraction of sp³-hybridized carbons (Fsp3) is 0.375. The molecule has 0 aliphatic carbocycles. The number of benzene rings is 1. The molecule has 1 N–H and O–H groups in total. The number of fused-ring (bicyclic) bond motifs is 1. The number of halogens is 6. The second-order valence-corrected chi connectivity index (χ2v) is 8.05. The summed E-state index contributed by atoms with van der Waals surface area (Å²) in [7, 11) is 0. The van der Waals surface area contributed by atoms with Gasteiger partial charge in [0.1, 0.15) is 22.8 Å². The molecule has 6 nitrogen and oxygen atoms in total. The highest BCUT2D eigenvalue weighted by molar-refractivity contribution is 7.21. The Balaban J connectivity index is 1.67. The number of ether oxygens (including phenoxy) is 2. The van der Waals surface area contributed by atoms with Crippen molar-refractivity contribution < 1.29 is 41.0 Å². The monoisotopic (exact) mass is 456 g/mol. The van der Waals surface area contributed by atoms with Crippen LogP contribution < -0.4 is 10.1 Å². The van der Waals surface area contributed by atoms with Gasteiger partial charge < -0.3 is 19.7 Å². The molecule has 0 saturated carbocycles. The fourth-order valence-electron chi connectivity index (χ4n) is 3.33. The van der Waals surface area contributed by atoms with Gasteiger partial charge in [0.15, 0.2) is 0 Å². The number of hydrogen-bond acceptors (Lipinski definition) is 5. The van der Waals surface area contributed by atoms with Crippen molar-refractivity contribution in [3.05, 3.63) is 27.6 Å². The van der Waals surface area contributed by atoms with E-state index in [0.717, 1.165) is 6.07 Å². The number of nitrogens with one attached hydrogen (secondary N) is 1. The molecule has 2 amide bonds. The van der Waals surface area contributed by atoms with Gasteiger partial charge in [-0.15, -0.1) is 24.5 Å². The summed E-state index contributed by atoms with van der Waals surface area (Å²) in [6.45, 7) is 0.349. The van der Waals surface area contributed by atoms with E-state index in [2.05, 4.69) is 10.1 Å². The third-order valence-corrected chi connectivity index (χ3v) is 6.14. The number of carbonyl (C=O) groups is 2. The van der Waals surface area contributed by atoms with E-state index in [1.54, 1.807) is 0 Å². The molecule has 0 unspecified atom stereocenters. The Morgan fingerprint density at radius 3 is 2.59 bits per heavy atom. The van der Waals surface area contributed by atoms with Crippen LogP contribution in [0.5, 0.6) is 5.75 Å². The SMILES string of the molecule is O=C1NC2(CO1)CN(C(=O)c1sc3cc(OC(F)(F)F)cc(C(F)F)c3c1Cl)C2. The van der Waals surface area contributed by atoms with Crippen LogP contribution in [-0.2, 0) is 4.74 Å². The Kier molecular flexibility index (Phi) is 4.53. The predicted molar refractivity (Wildman–Crippen MR) is 91.6 cm³/mol. The number of cyclic esters (lactones) is 1. The normalized spacial score (nSPS) is 18.2. The van der Waals surface area contributed by atoms with E-state index in [9.17, 15) is 31.5 Å². The number of thiophene rings is 1. The van der Waals surface area contributed by atoms with E-state index in [-0.39, 0.29) is 39.7 Å². The van der Waals surface area contributed by atoms with Crippen LogP contribution in [0.3, 0.4) is 0 Å². The first kappa shape index (κ1) is 20.0. The van der Waals surface area contributed by atoms with Crippen molar-refractivity contribution in [2.24, 2.45) is 0 Å². The highest BCUT2D eigenvalue weighted by Crippen LogP contribution is 2.44. The summed E-state index contributed by atoms with van der Waals surface area (Å²) in [6, 6.07) is 1.46. The first-order valence-corrected chi connectivity index (χ1v) is 9.21. The number of alkyl halides is 5. The molecule has 3 heterocycles. The molecule has 29 heavy (non-hydrogen) atoms. The number of rotatable bonds is 3. The van der Waals surface area contributed by atoms with E-state index in [1.807, 2.05) is 0 Å². The van der Waals surface area contributed by atoms with Crippen molar-refractivity contribution >= 4 is 45.0 Å². The third kappa shape index (κ3) is 3.54. The van der Waals surface area contributed by atoms with E-state index >= 15 is 0 Å². The Labute approximate surface area is 168 Å². The molecule has 4 rings (SSSR count). The van der Waals surface area contributed by atoms with Gasteiger partial charge in [-0.05, 0) is 12.1 Å². The summed E-state index contributed by atoms with van der Waals surface area (Å²) in [4.78, 5) is 25.2. The standard InChI is InChI=1S/C16H10ClF5N2O4S/c17-10-9-7(12(18)19)1-6(28-16(20,21)22)2-8(9)29-11(10)13(25)24-3-15(4-24)5-27-14(26)23-15/h1-2,12H,3-5H2,(H,23,26). The lowest BCUT2D eigenvalue weighted by molar-refractivity contribution is -0.274. The maximum Gasteiger partial charge on any atom is 0.573 e. The van der Waals surface area contributed by atoms with Gasteiger partial charge in [0.05, 0.1) is 5.02 Å². The summed E-state index contributed by atoms with van der Waals surface area (Å²) < 4.78 is 72.8. The molecule has 1 aromatic carbocycles. The van der Waals surface area contributed by atoms with Crippen molar-refractivity contribution in [3.63, 3.8) is 0 Å². The van der Waals surface area contributed by atoms with Crippen LogP contribution in [0.2, 0.25) is 5.02 Å². The van der Waals surface area contributed by atoms with Gasteiger partial charge in [-0.1, -0.05) is 11.6 Å². The van der Waals surface area contributed by atoms with Gasteiger partial charge >= 0.3 is 12.5 Å². The molecule has 2 aliphatic rings. The minimum Gasteiger partial charge on any atom is -0.447 e. The predicted octanol–water partition coefficient (Wildman–Crippen LogP) is 4.33. The second kappa shape index (κ2) is 6.59. The van der Waals surface area contributed by atoms with Gasteiger partial charge in [-0.2, -0.15) is 0 Å². The Morgan fingerprint density at radius 1 is 1.34 bits per heavy atom. The van der Waals surface area contributed by atoms with Gasteiger partial charge in [-0.25, -0.2) is 13.6 Å². The molecule has 0 bridgehead atoms. The van der Waals surface area contributed by atoms with Crippen molar-refractivity contribution in [2.75, 3.05) is 19.7 Å². The van der Waals surface area contributed by atoms with Crippen molar-refractivity contribution in [1.29, 1.82) is 0 Å².